The van der Waals surface area contributed by atoms with E-state index >= 15 is 0 Å². The molecule has 30 heavy (non-hydrogen) atoms. The third-order valence-electron chi connectivity index (χ3n) is 4.20. The van der Waals surface area contributed by atoms with Gasteiger partial charge in [0.25, 0.3) is 5.91 Å². The van der Waals surface area contributed by atoms with Crippen LogP contribution in [0, 0.1) is 5.82 Å². The maximum Gasteiger partial charge on any atom is 0.257 e. The van der Waals surface area contributed by atoms with Crippen molar-refractivity contribution in [2.45, 2.75) is 0 Å². The first-order chi connectivity index (χ1) is 14.3. The van der Waals surface area contributed by atoms with Crippen molar-refractivity contribution in [1.82, 2.24) is 9.97 Å². The molecule has 0 aliphatic carbocycles. The lowest BCUT2D eigenvalue weighted by molar-refractivity contribution is 0.102. The summed E-state index contributed by atoms with van der Waals surface area (Å²) in [5, 5.41) is 6.61. The van der Waals surface area contributed by atoms with Crippen LogP contribution in [0.5, 0.6) is 0 Å². The molecular formula is C20H11Cl4FN4O. The second kappa shape index (κ2) is 8.32. The molecular weight excluding hydrogens is 473 g/mol. The van der Waals surface area contributed by atoms with Crippen LogP contribution in [0.1, 0.15) is 10.4 Å². The first-order valence-corrected chi connectivity index (χ1v) is 9.99. The maximum atomic E-state index is 13.6. The van der Waals surface area contributed by atoms with E-state index in [-0.39, 0.29) is 21.3 Å². The Morgan fingerprint density at radius 1 is 0.933 bits per heavy atom. The highest BCUT2D eigenvalue weighted by Crippen LogP contribution is 2.33. The van der Waals surface area contributed by atoms with Crippen LogP contribution < -0.4 is 10.6 Å². The Bertz CT molecular complexity index is 1270. The second-order valence-corrected chi connectivity index (χ2v) is 7.87. The number of carbonyl (C=O) groups excluding carboxylic acids is 1. The Morgan fingerprint density at radius 3 is 2.37 bits per heavy atom. The molecule has 0 radical (unpaired) electrons. The van der Waals surface area contributed by atoms with E-state index in [0.29, 0.717) is 32.7 Å². The second-order valence-electron chi connectivity index (χ2n) is 6.24. The molecule has 3 N–H and O–H groups in total. The van der Waals surface area contributed by atoms with Crippen molar-refractivity contribution in [3.05, 3.63) is 80.0 Å². The molecule has 0 aliphatic rings. The number of anilines is 3. The molecule has 1 amide bonds. The quantitative estimate of drug-likeness (QED) is 0.285. The molecule has 10 heteroatoms. The Balaban J connectivity index is 1.63. The van der Waals surface area contributed by atoms with Gasteiger partial charge in [0.05, 0.1) is 42.4 Å². The van der Waals surface area contributed by atoms with Crippen molar-refractivity contribution in [3.8, 4) is 0 Å². The van der Waals surface area contributed by atoms with Crippen LogP contribution in [0.2, 0.25) is 20.1 Å². The molecule has 0 saturated carbocycles. The smallest absolute Gasteiger partial charge is 0.257 e. The predicted octanol–water partition coefficient (Wildman–Crippen LogP) is 7.31. The van der Waals surface area contributed by atoms with Crippen molar-refractivity contribution in [3.63, 3.8) is 0 Å². The van der Waals surface area contributed by atoms with Crippen LogP contribution in [0.25, 0.3) is 11.0 Å². The largest absolute Gasteiger partial charge is 0.324 e. The number of halogens is 5. The van der Waals surface area contributed by atoms with Crippen molar-refractivity contribution in [2.75, 3.05) is 10.6 Å². The van der Waals surface area contributed by atoms with E-state index in [1.807, 2.05) is 0 Å². The minimum absolute atomic E-state index is 0.0392. The fraction of sp³-hybridized carbons (Fsp3) is 0. The van der Waals surface area contributed by atoms with Gasteiger partial charge in [-0.25, -0.2) is 9.37 Å². The number of aromatic nitrogens is 2. The zero-order valence-electron chi connectivity index (χ0n) is 14.9. The fourth-order valence-electron chi connectivity index (χ4n) is 2.77. The lowest BCUT2D eigenvalue weighted by Crippen LogP contribution is -2.12. The molecule has 0 fully saturated rings. The van der Waals surface area contributed by atoms with Gasteiger partial charge in [-0.2, -0.15) is 0 Å². The van der Waals surface area contributed by atoms with Gasteiger partial charge in [-0.05, 0) is 42.5 Å². The number of nitrogens with one attached hydrogen (secondary N) is 3. The monoisotopic (exact) mass is 482 g/mol. The SMILES string of the molecule is O=C(Nc1ccc(Cl)c(F)c1)c1cc2nc(Nc3c(Cl)cccc3Cl)[nH]c2cc1Cl. The zero-order valence-corrected chi connectivity index (χ0v) is 17.9. The number of imidazole rings is 1. The first-order valence-electron chi connectivity index (χ1n) is 8.48. The van der Waals surface area contributed by atoms with Gasteiger partial charge < -0.3 is 15.6 Å². The molecule has 1 aromatic heterocycles. The number of benzene rings is 3. The Labute approximate surface area is 190 Å². The minimum Gasteiger partial charge on any atom is -0.324 e. The fourth-order valence-corrected chi connectivity index (χ4v) is 3.63. The van der Waals surface area contributed by atoms with E-state index in [0.717, 1.165) is 6.07 Å². The number of carbonyl (C=O) groups is 1. The van der Waals surface area contributed by atoms with Gasteiger partial charge in [0.2, 0.25) is 5.95 Å². The van der Waals surface area contributed by atoms with Gasteiger partial charge in [-0.15, -0.1) is 0 Å². The summed E-state index contributed by atoms with van der Waals surface area (Å²) in [7, 11) is 0. The molecule has 0 spiro atoms. The molecule has 4 rings (SSSR count). The van der Waals surface area contributed by atoms with E-state index < -0.39 is 11.7 Å². The van der Waals surface area contributed by atoms with E-state index in [1.165, 1.54) is 18.2 Å². The molecule has 3 aromatic carbocycles. The number of para-hydroxylation sites is 1. The van der Waals surface area contributed by atoms with Crippen LogP contribution in [0.15, 0.2) is 48.5 Å². The van der Waals surface area contributed by atoms with E-state index in [9.17, 15) is 9.18 Å². The van der Waals surface area contributed by atoms with Crippen LogP contribution in [0.4, 0.5) is 21.7 Å². The third-order valence-corrected chi connectivity index (χ3v) is 5.45. The van der Waals surface area contributed by atoms with Gasteiger partial charge in [0.1, 0.15) is 5.82 Å². The highest BCUT2D eigenvalue weighted by atomic mass is 35.5. The van der Waals surface area contributed by atoms with Crippen molar-refractivity contribution < 1.29 is 9.18 Å². The normalized spacial score (nSPS) is 11.0. The molecule has 152 valence electrons. The zero-order chi connectivity index (χ0) is 21.4. The average Bonchev–Trinajstić information content (AvgIpc) is 3.08. The lowest BCUT2D eigenvalue weighted by atomic mass is 10.1. The highest BCUT2D eigenvalue weighted by Gasteiger charge is 2.16. The van der Waals surface area contributed by atoms with Crippen LogP contribution in [-0.4, -0.2) is 15.9 Å². The van der Waals surface area contributed by atoms with Gasteiger partial charge >= 0.3 is 0 Å². The molecule has 0 bridgehead atoms. The summed E-state index contributed by atoms with van der Waals surface area (Å²) in [6.07, 6.45) is 0. The van der Waals surface area contributed by atoms with Gasteiger partial charge in [0.15, 0.2) is 0 Å². The van der Waals surface area contributed by atoms with Crippen LogP contribution in [0.3, 0.4) is 0 Å². The van der Waals surface area contributed by atoms with E-state index in [1.54, 1.807) is 24.3 Å². The first kappa shape index (κ1) is 20.8. The summed E-state index contributed by atoms with van der Waals surface area (Å²) in [5.41, 5.74) is 2.00. The molecule has 4 aromatic rings. The number of hydrogen-bond acceptors (Lipinski definition) is 3. The predicted molar refractivity (Wildman–Crippen MR) is 120 cm³/mol. The number of rotatable bonds is 4. The summed E-state index contributed by atoms with van der Waals surface area (Å²) >= 11 is 24.3. The maximum absolute atomic E-state index is 13.6. The summed E-state index contributed by atoms with van der Waals surface area (Å²) in [6.45, 7) is 0. The Morgan fingerprint density at radius 2 is 1.67 bits per heavy atom. The molecule has 0 atom stereocenters. The van der Waals surface area contributed by atoms with E-state index in [2.05, 4.69) is 20.6 Å². The third kappa shape index (κ3) is 4.18. The van der Waals surface area contributed by atoms with Gasteiger partial charge in [0, 0.05) is 5.69 Å². The van der Waals surface area contributed by atoms with Crippen LogP contribution >= 0.6 is 46.4 Å². The van der Waals surface area contributed by atoms with Crippen LogP contribution in [-0.2, 0) is 0 Å². The lowest BCUT2D eigenvalue weighted by Gasteiger charge is -2.07. The Kier molecular flexibility index (Phi) is 5.75. The molecule has 1 heterocycles. The summed E-state index contributed by atoms with van der Waals surface area (Å²) in [6, 6.07) is 12.2. The molecule has 0 unspecified atom stereocenters. The van der Waals surface area contributed by atoms with Crippen molar-refractivity contribution in [2.24, 2.45) is 0 Å². The van der Waals surface area contributed by atoms with Gasteiger partial charge in [-0.3, -0.25) is 4.79 Å². The molecule has 5 nitrogen and oxygen atoms in total. The Hall–Kier alpha value is -2.51. The van der Waals surface area contributed by atoms with Crippen molar-refractivity contribution >= 4 is 80.7 Å². The summed E-state index contributed by atoms with van der Waals surface area (Å²) in [4.78, 5) is 20.1. The van der Waals surface area contributed by atoms with E-state index in [4.69, 9.17) is 46.4 Å². The topological polar surface area (TPSA) is 69.8 Å². The number of amides is 1. The molecule has 0 aliphatic heterocycles. The number of fused-ring (bicyclic) bond motifs is 1. The standard InChI is InChI=1S/C20H11Cl4FN4O/c21-11-5-4-9(6-15(11)25)26-19(30)10-7-16-17(8-14(10)24)28-20(27-16)29-18-12(22)2-1-3-13(18)23/h1-8H,(H,26,30)(H2,27,28,29). The van der Waals surface area contributed by atoms with Crippen molar-refractivity contribution in [1.29, 1.82) is 0 Å². The number of hydrogen-bond donors (Lipinski definition) is 3. The summed E-state index contributed by atoms with van der Waals surface area (Å²) in [5.74, 6) is -0.791. The molecule has 0 saturated heterocycles. The summed E-state index contributed by atoms with van der Waals surface area (Å²) < 4.78 is 13.6. The number of H-pyrrole nitrogens is 1. The average molecular weight is 484 g/mol. The number of aromatic amines is 1. The number of nitrogens with zero attached hydrogens (tertiary/aromatic N) is 1. The minimum atomic E-state index is -0.641. The highest BCUT2D eigenvalue weighted by molar-refractivity contribution is 6.39. The van der Waals surface area contributed by atoms with Gasteiger partial charge in [-0.1, -0.05) is 52.5 Å².